The van der Waals surface area contributed by atoms with Crippen molar-refractivity contribution in [2.45, 2.75) is 32.7 Å². The highest BCUT2D eigenvalue weighted by Gasteiger charge is 2.30. The average Bonchev–Trinajstić information content (AvgIpc) is 2.23. The van der Waals surface area contributed by atoms with E-state index in [2.05, 4.69) is 5.32 Å². The number of carboxylic acid groups (broad SMARTS) is 1. The van der Waals surface area contributed by atoms with Crippen molar-refractivity contribution >= 4 is 23.3 Å². The quantitative estimate of drug-likeness (QED) is 0.850. The zero-order chi connectivity index (χ0) is 12.3. The topological polar surface area (TPSA) is 49.3 Å². The normalized spacial score (nSPS) is 14.2. The van der Waals surface area contributed by atoms with Crippen molar-refractivity contribution in [3.8, 4) is 0 Å². The van der Waals surface area contributed by atoms with Crippen LogP contribution in [0.3, 0.4) is 0 Å². The Morgan fingerprint density at radius 2 is 2.19 bits per heavy atom. The van der Waals surface area contributed by atoms with Gasteiger partial charge in [0.1, 0.15) is 5.54 Å². The molecule has 0 aliphatic carbocycles. The largest absolute Gasteiger partial charge is 0.480 e. The lowest BCUT2D eigenvalue weighted by molar-refractivity contribution is -0.141. The van der Waals surface area contributed by atoms with E-state index in [0.29, 0.717) is 11.4 Å². The summed E-state index contributed by atoms with van der Waals surface area (Å²) in [5.74, 6) is -0.869. The number of benzene rings is 1. The average molecular weight is 242 g/mol. The molecule has 0 aliphatic rings. The highest BCUT2D eigenvalue weighted by atomic mass is 35.5. The summed E-state index contributed by atoms with van der Waals surface area (Å²) in [6.45, 7) is 5.39. The van der Waals surface area contributed by atoms with E-state index >= 15 is 0 Å². The van der Waals surface area contributed by atoms with Gasteiger partial charge in [0.2, 0.25) is 0 Å². The Morgan fingerprint density at radius 1 is 1.56 bits per heavy atom. The Balaban J connectivity index is 2.95. The number of rotatable bonds is 4. The van der Waals surface area contributed by atoms with E-state index in [1.54, 1.807) is 13.0 Å². The SMILES string of the molecule is CCC(C)(Nc1ccc(C)c(Cl)c1)C(=O)O. The molecule has 0 radical (unpaired) electrons. The van der Waals surface area contributed by atoms with Gasteiger partial charge in [0.25, 0.3) is 0 Å². The fraction of sp³-hybridized carbons (Fsp3) is 0.417. The molecule has 0 saturated carbocycles. The summed E-state index contributed by atoms with van der Waals surface area (Å²) in [5, 5.41) is 12.7. The minimum absolute atomic E-state index is 0.494. The summed E-state index contributed by atoms with van der Waals surface area (Å²) in [7, 11) is 0. The Hall–Kier alpha value is -1.22. The molecule has 0 heterocycles. The molecule has 0 amide bonds. The first-order chi connectivity index (χ1) is 7.39. The maximum atomic E-state index is 11.1. The monoisotopic (exact) mass is 241 g/mol. The van der Waals surface area contributed by atoms with Gasteiger partial charge in [0.05, 0.1) is 0 Å². The van der Waals surface area contributed by atoms with E-state index in [0.717, 1.165) is 11.3 Å². The minimum atomic E-state index is -0.960. The van der Waals surface area contributed by atoms with Gasteiger partial charge in [0, 0.05) is 10.7 Å². The van der Waals surface area contributed by atoms with Crippen LogP contribution < -0.4 is 5.32 Å². The molecule has 0 saturated heterocycles. The molecule has 4 heteroatoms. The molecule has 2 N–H and O–H groups in total. The second-order valence-electron chi connectivity index (χ2n) is 4.08. The molecule has 1 aromatic rings. The molecule has 1 atom stereocenters. The molecule has 1 unspecified atom stereocenters. The van der Waals surface area contributed by atoms with Crippen molar-refractivity contribution in [3.05, 3.63) is 28.8 Å². The number of carbonyl (C=O) groups is 1. The number of aryl methyl sites for hydroxylation is 1. The highest BCUT2D eigenvalue weighted by molar-refractivity contribution is 6.31. The predicted molar refractivity (Wildman–Crippen MR) is 66.1 cm³/mol. The predicted octanol–water partition coefficient (Wildman–Crippen LogP) is 3.31. The third-order valence-corrected chi connectivity index (χ3v) is 3.18. The number of halogens is 1. The van der Waals surface area contributed by atoms with Crippen LogP contribution >= 0.6 is 11.6 Å². The lowest BCUT2D eigenvalue weighted by Gasteiger charge is -2.26. The van der Waals surface area contributed by atoms with Gasteiger partial charge in [-0.3, -0.25) is 0 Å². The molecule has 3 nitrogen and oxygen atoms in total. The van der Waals surface area contributed by atoms with Crippen molar-refractivity contribution in [2.24, 2.45) is 0 Å². The van der Waals surface area contributed by atoms with Crippen molar-refractivity contribution in [2.75, 3.05) is 5.32 Å². The molecular weight excluding hydrogens is 226 g/mol. The van der Waals surface area contributed by atoms with Crippen LogP contribution in [0.2, 0.25) is 5.02 Å². The molecule has 88 valence electrons. The number of hydrogen-bond acceptors (Lipinski definition) is 2. The van der Waals surface area contributed by atoms with E-state index in [1.807, 2.05) is 26.0 Å². The van der Waals surface area contributed by atoms with Gasteiger partial charge in [-0.1, -0.05) is 24.6 Å². The minimum Gasteiger partial charge on any atom is -0.480 e. The van der Waals surface area contributed by atoms with Gasteiger partial charge in [0.15, 0.2) is 0 Å². The number of aliphatic carboxylic acids is 1. The number of nitrogens with one attached hydrogen (secondary N) is 1. The van der Waals surface area contributed by atoms with Crippen LogP contribution in [-0.4, -0.2) is 16.6 Å². The summed E-state index contributed by atoms with van der Waals surface area (Å²) < 4.78 is 0. The van der Waals surface area contributed by atoms with E-state index < -0.39 is 11.5 Å². The summed E-state index contributed by atoms with van der Waals surface area (Å²) in [6.07, 6.45) is 0.494. The number of hydrogen-bond donors (Lipinski definition) is 2. The first-order valence-corrected chi connectivity index (χ1v) is 5.54. The summed E-state index contributed by atoms with van der Waals surface area (Å²) in [6, 6.07) is 5.44. The first kappa shape index (κ1) is 12.8. The maximum Gasteiger partial charge on any atom is 0.329 e. The molecule has 1 aromatic carbocycles. The van der Waals surface area contributed by atoms with Crippen LogP contribution in [0.15, 0.2) is 18.2 Å². The fourth-order valence-electron chi connectivity index (χ4n) is 1.28. The molecule has 0 aliphatic heterocycles. The summed E-state index contributed by atoms with van der Waals surface area (Å²) in [5.41, 5.74) is 0.738. The number of carboxylic acids is 1. The zero-order valence-corrected chi connectivity index (χ0v) is 10.4. The third kappa shape index (κ3) is 2.67. The van der Waals surface area contributed by atoms with E-state index in [4.69, 9.17) is 16.7 Å². The lowest BCUT2D eigenvalue weighted by atomic mass is 9.98. The van der Waals surface area contributed by atoms with E-state index in [9.17, 15) is 4.79 Å². The van der Waals surface area contributed by atoms with Crippen molar-refractivity contribution in [1.82, 2.24) is 0 Å². The van der Waals surface area contributed by atoms with Crippen molar-refractivity contribution in [1.29, 1.82) is 0 Å². The summed E-state index contributed by atoms with van der Waals surface area (Å²) >= 11 is 5.98. The molecular formula is C12H16ClNO2. The highest BCUT2D eigenvalue weighted by Crippen LogP contribution is 2.24. The van der Waals surface area contributed by atoms with Crippen LogP contribution in [0.5, 0.6) is 0 Å². The smallest absolute Gasteiger partial charge is 0.329 e. The maximum absolute atomic E-state index is 11.1. The van der Waals surface area contributed by atoms with Gasteiger partial charge in [-0.15, -0.1) is 0 Å². The van der Waals surface area contributed by atoms with Gasteiger partial charge in [-0.05, 0) is 38.0 Å². The molecule has 0 spiro atoms. The summed E-state index contributed by atoms with van der Waals surface area (Å²) in [4.78, 5) is 11.1. The molecule has 0 bridgehead atoms. The van der Waals surface area contributed by atoms with E-state index in [-0.39, 0.29) is 0 Å². The third-order valence-electron chi connectivity index (χ3n) is 2.77. The Morgan fingerprint density at radius 3 is 2.62 bits per heavy atom. The standard InChI is InChI=1S/C12H16ClNO2/c1-4-12(3,11(15)16)14-9-6-5-8(2)10(13)7-9/h5-7,14H,4H2,1-3H3,(H,15,16). The van der Waals surface area contributed by atoms with Crippen LogP contribution in [0.25, 0.3) is 0 Å². The Bertz CT molecular complexity index is 406. The number of anilines is 1. The van der Waals surface area contributed by atoms with Gasteiger partial charge >= 0.3 is 5.97 Å². The van der Waals surface area contributed by atoms with Crippen molar-refractivity contribution < 1.29 is 9.90 Å². The fourth-order valence-corrected chi connectivity index (χ4v) is 1.46. The Kier molecular flexibility index (Phi) is 3.81. The lowest BCUT2D eigenvalue weighted by Crippen LogP contribution is -2.42. The van der Waals surface area contributed by atoms with Gasteiger partial charge < -0.3 is 10.4 Å². The zero-order valence-electron chi connectivity index (χ0n) is 9.67. The Labute approximate surface area is 100 Å². The van der Waals surface area contributed by atoms with Gasteiger partial charge in [-0.2, -0.15) is 0 Å². The second-order valence-corrected chi connectivity index (χ2v) is 4.49. The molecule has 0 aromatic heterocycles. The first-order valence-electron chi connectivity index (χ1n) is 5.17. The van der Waals surface area contributed by atoms with Crippen LogP contribution in [0.4, 0.5) is 5.69 Å². The molecule has 1 rings (SSSR count). The van der Waals surface area contributed by atoms with Crippen LogP contribution in [-0.2, 0) is 4.79 Å². The molecule has 16 heavy (non-hydrogen) atoms. The van der Waals surface area contributed by atoms with Crippen molar-refractivity contribution in [3.63, 3.8) is 0 Å². The second kappa shape index (κ2) is 4.74. The van der Waals surface area contributed by atoms with E-state index in [1.165, 1.54) is 0 Å². The van der Waals surface area contributed by atoms with Gasteiger partial charge in [-0.25, -0.2) is 4.79 Å². The molecule has 0 fully saturated rings. The van der Waals surface area contributed by atoms with Crippen LogP contribution in [0.1, 0.15) is 25.8 Å². The van der Waals surface area contributed by atoms with Crippen LogP contribution in [0, 0.1) is 6.92 Å².